The number of ketones is 1. The van der Waals surface area contributed by atoms with Crippen LogP contribution in [0.2, 0.25) is 0 Å². The van der Waals surface area contributed by atoms with E-state index < -0.39 is 11.7 Å². The Morgan fingerprint density at radius 2 is 1.48 bits per heavy atom. The van der Waals surface area contributed by atoms with Crippen LogP contribution in [0.15, 0.2) is 23.3 Å². The van der Waals surface area contributed by atoms with Crippen molar-refractivity contribution in [2.45, 2.75) is 84.8 Å². The highest BCUT2D eigenvalue weighted by Gasteiger charge is 2.23. The number of Topliss-reactive ketones (excluding diaryl/α,β-unsaturated/α-hetero) is 1. The molecule has 0 aliphatic carbocycles. The molecule has 0 aromatic heterocycles. The average molecular weight is 296 g/mol. The van der Waals surface area contributed by atoms with Crippen LogP contribution in [0.3, 0.4) is 0 Å². The lowest BCUT2D eigenvalue weighted by atomic mass is 9.95. The molecule has 0 heterocycles. The van der Waals surface area contributed by atoms with Gasteiger partial charge in [-0.2, -0.15) is 0 Å². The van der Waals surface area contributed by atoms with Gasteiger partial charge in [0, 0.05) is 6.42 Å². The fourth-order valence-corrected chi connectivity index (χ4v) is 1.99. The van der Waals surface area contributed by atoms with Gasteiger partial charge < -0.3 is 15.0 Å². The van der Waals surface area contributed by atoms with Crippen molar-refractivity contribution < 1.29 is 15.0 Å². The van der Waals surface area contributed by atoms with E-state index in [1.54, 1.807) is 20.8 Å². The SMILES string of the molecule is CC(=O)CCC=C(C)CCC=C(C)CCC(O)C(C)(C)O. The van der Waals surface area contributed by atoms with Gasteiger partial charge >= 0.3 is 0 Å². The maximum atomic E-state index is 10.8. The molecule has 0 saturated heterocycles. The van der Waals surface area contributed by atoms with Gasteiger partial charge in [0.15, 0.2) is 0 Å². The number of aliphatic hydroxyl groups excluding tert-OH is 1. The lowest BCUT2D eigenvalue weighted by molar-refractivity contribution is -0.116. The Bertz CT molecular complexity index is 372. The highest BCUT2D eigenvalue weighted by Crippen LogP contribution is 2.17. The predicted molar refractivity (Wildman–Crippen MR) is 88.2 cm³/mol. The normalized spacial score (nSPS) is 15.2. The molecule has 0 saturated carbocycles. The second kappa shape index (κ2) is 9.91. The zero-order chi connectivity index (χ0) is 16.5. The molecule has 3 heteroatoms. The zero-order valence-corrected chi connectivity index (χ0v) is 14.3. The van der Waals surface area contributed by atoms with Gasteiger partial charge in [0.2, 0.25) is 0 Å². The van der Waals surface area contributed by atoms with E-state index in [9.17, 15) is 15.0 Å². The second-order valence-corrected chi connectivity index (χ2v) is 6.59. The third kappa shape index (κ3) is 11.4. The molecule has 21 heavy (non-hydrogen) atoms. The molecule has 0 bridgehead atoms. The lowest BCUT2D eigenvalue weighted by Gasteiger charge is -2.24. The van der Waals surface area contributed by atoms with Gasteiger partial charge in [0.05, 0.1) is 11.7 Å². The van der Waals surface area contributed by atoms with Crippen LogP contribution in [-0.2, 0) is 4.79 Å². The minimum atomic E-state index is -1.03. The number of carbonyl (C=O) groups excluding carboxylic acids is 1. The lowest BCUT2D eigenvalue weighted by Crippen LogP contribution is -2.35. The molecule has 0 aliphatic rings. The van der Waals surface area contributed by atoms with Crippen LogP contribution in [0.4, 0.5) is 0 Å². The van der Waals surface area contributed by atoms with Crippen molar-refractivity contribution in [3.63, 3.8) is 0 Å². The van der Waals surface area contributed by atoms with Crippen LogP contribution in [0, 0.1) is 0 Å². The molecule has 1 atom stereocenters. The van der Waals surface area contributed by atoms with Gasteiger partial charge in [-0.15, -0.1) is 0 Å². The molecule has 1 unspecified atom stereocenters. The van der Waals surface area contributed by atoms with E-state index in [0.717, 1.165) is 25.7 Å². The Labute approximate surface area is 129 Å². The quantitative estimate of drug-likeness (QED) is 0.600. The van der Waals surface area contributed by atoms with Gasteiger partial charge in [-0.1, -0.05) is 23.3 Å². The van der Waals surface area contributed by atoms with E-state index in [4.69, 9.17) is 0 Å². The highest BCUT2D eigenvalue weighted by molar-refractivity contribution is 5.75. The average Bonchev–Trinajstić information content (AvgIpc) is 2.34. The molecular weight excluding hydrogens is 264 g/mol. The first-order valence-corrected chi connectivity index (χ1v) is 7.84. The fourth-order valence-electron chi connectivity index (χ4n) is 1.99. The molecule has 0 amide bonds. The molecule has 122 valence electrons. The fraction of sp³-hybridized carbons (Fsp3) is 0.722. The Balaban J connectivity index is 3.99. The maximum Gasteiger partial charge on any atom is 0.130 e. The molecule has 0 radical (unpaired) electrons. The van der Waals surface area contributed by atoms with Crippen molar-refractivity contribution in [2.24, 2.45) is 0 Å². The summed E-state index contributed by atoms with van der Waals surface area (Å²) in [6, 6.07) is 0. The summed E-state index contributed by atoms with van der Waals surface area (Å²) in [4.78, 5) is 10.8. The van der Waals surface area contributed by atoms with Crippen molar-refractivity contribution in [1.29, 1.82) is 0 Å². The molecule has 2 N–H and O–H groups in total. The Morgan fingerprint density at radius 1 is 1.00 bits per heavy atom. The maximum absolute atomic E-state index is 10.8. The van der Waals surface area contributed by atoms with E-state index in [0.29, 0.717) is 12.8 Å². The van der Waals surface area contributed by atoms with E-state index in [-0.39, 0.29) is 5.78 Å². The third-order valence-electron chi connectivity index (χ3n) is 3.65. The number of rotatable bonds is 10. The smallest absolute Gasteiger partial charge is 0.130 e. The van der Waals surface area contributed by atoms with E-state index in [1.165, 1.54) is 11.1 Å². The van der Waals surface area contributed by atoms with E-state index >= 15 is 0 Å². The van der Waals surface area contributed by atoms with E-state index in [2.05, 4.69) is 26.0 Å². The molecule has 0 aliphatic heterocycles. The topological polar surface area (TPSA) is 57.5 Å². The van der Waals surface area contributed by atoms with Gasteiger partial charge in [-0.25, -0.2) is 0 Å². The van der Waals surface area contributed by atoms with Crippen LogP contribution in [0.5, 0.6) is 0 Å². The molecule has 3 nitrogen and oxygen atoms in total. The molecular formula is C18H32O3. The molecule has 0 aromatic carbocycles. The van der Waals surface area contributed by atoms with Crippen LogP contribution >= 0.6 is 0 Å². The monoisotopic (exact) mass is 296 g/mol. The summed E-state index contributed by atoms with van der Waals surface area (Å²) < 4.78 is 0. The Hall–Kier alpha value is -0.930. The Kier molecular flexibility index (Phi) is 9.47. The summed E-state index contributed by atoms with van der Waals surface area (Å²) in [5, 5.41) is 19.4. The Morgan fingerprint density at radius 3 is 1.95 bits per heavy atom. The summed E-state index contributed by atoms with van der Waals surface area (Å²) >= 11 is 0. The standard InChI is InChI=1S/C18H32O3/c1-14(10-7-11-16(3)19)8-6-9-15(2)12-13-17(20)18(4,5)21/h9-10,17,20-21H,6-8,11-13H2,1-5H3. The number of allylic oxidation sites excluding steroid dienone is 4. The minimum Gasteiger partial charge on any atom is -0.390 e. The van der Waals surface area contributed by atoms with Gasteiger partial charge in [0.25, 0.3) is 0 Å². The molecule has 0 spiro atoms. The van der Waals surface area contributed by atoms with Crippen LogP contribution in [0.25, 0.3) is 0 Å². The first kappa shape index (κ1) is 20.1. The first-order chi connectivity index (χ1) is 9.62. The summed E-state index contributed by atoms with van der Waals surface area (Å²) in [6.45, 7) is 9.04. The first-order valence-electron chi connectivity index (χ1n) is 7.84. The molecule has 0 aromatic rings. The minimum absolute atomic E-state index is 0.236. The van der Waals surface area contributed by atoms with Crippen molar-refractivity contribution in [3.05, 3.63) is 23.3 Å². The summed E-state index contributed by atoms with van der Waals surface area (Å²) in [7, 11) is 0. The van der Waals surface area contributed by atoms with Crippen LogP contribution in [-0.4, -0.2) is 27.7 Å². The molecule has 0 fully saturated rings. The summed E-state index contributed by atoms with van der Waals surface area (Å²) in [6.07, 6.45) is 8.48. The third-order valence-corrected chi connectivity index (χ3v) is 3.65. The van der Waals surface area contributed by atoms with Crippen LogP contribution in [0.1, 0.15) is 73.1 Å². The number of hydrogen-bond acceptors (Lipinski definition) is 3. The second-order valence-electron chi connectivity index (χ2n) is 6.59. The number of aliphatic hydroxyl groups is 2. The van der Waals surface area contributed by atoms with E-state index in [1.807, 2.05) is 0 Å². The highest BCUT2D eigenvalue weighted by atomic mass is 16.3. The van der Waals surface area contributed by atoms with Crippen molar-refractivity contribution >= 4 is 5.78 Å². The molecule has 0 rings (SSSR count). The number of hydrogen-bond donors (Lipinski definition) is 2. The predicted octanol–water partition coefficient (Wildman–Crippen LogP) is 3.94. The van der Waals surface area contributed by atoms with Gasteiger partial charge in [0.1, 0.15) is 5.78 Å². The number of carbonyl (C=O) groups is 1. The van der Waals surface area contributed by atoms with Crippen LogP contribution < -0.4 is 0 Å². The summed E-state index contributed by atoms with van der Waals surface area (Å²) in [5.41, 5.74) is 1.53. The van der Waals surface area contributed by atoms with Gasteiger partial charge in [-0.3, -0.25) is 0 Å². The largest absolute Gasteiger partial charge is 0.390 e. The zero-order valence-electron chi connectivity index (χ0n) is 14.3. The van der Waals surface area contributed by atoms with Gasteiger partial charge in [-0.05, 0) is 66.7 Å². The van der Waals surface area contributed by atoms with Crippen molar-refractivity contribution in [3.8, 4) is 0 Å². The summed E-state index contributed by atoms with van der Waals surface area (Å²) in [5.74, 6) is 0.236. The van der Waals surface area contributed by atoms with Crippen molar-refractivity contribution in [2.75, 3.05) is 0 Å². The van der Waals surface area contributed by atoms with Crippen molar-refractivity contribution in [1.82, 2.24) is 0 Å².